The van der Waals surface area contributed by atoms with Crippen molar-refractivity contribution in [2.75, 3.05) is 5.32 Å². The van der Waals surface area contributed by atoms with Gasteiger partial charge in [0.05, 0.1) is 10.5 Å². The molecule has 2 unspecified atom stereocenters. The number of anilines is 1. The van der Waals surface area contributed by atoms with E-state index in [0.29, 0.717) is 6.04 Å². The molecule has 1 aromatic carbocycles. The lowest BCUT2D eigenvalue weighted by Gasteiger charge is -2.28. The van der Waals surface area contributed by atoms with E-state index in [9.17, 15) is 0 Å². The van der Waals surface area contributed by atoms with Crippen LogP contribution in [0.5, 0.6) is 0 Å². The van der Waals surface area contributed by atoms with Crippen molar-refractivity contribution in [3.63, 3.8) is 0 Å². The van der Waals surface area contributed by atoms with E-state index in [1.807, 2.05) is 12.1 Å². The summed E-state index contributed by atoms with van der Waals surface area (Å²) in [6, 6.07) is 8.64. The van der Waals surface area contributed by atoms with Crippen molar-refractivity contribution in [3.05, 3.63) is 35.5 Å². The normalized spacial score (nSPS) is 23.5. The Morgan fingerprint density at radius 3 is 3.00 bits per heavy atom. The third kappa shape index (κ3) is 2.69. The number of halogens is 1. The predicted molar refractivity (Wildman–Crippen MR) is 81.8 cm³/mol. The van der Waals surface area contributed by atoms with Crippen LogP contribution in [0.2, 0.25) is 5.02 Å². The van der Waals surface area contributed by atoms with Crippen LogP contribution in [0, 0.1) is 5.92 Å². The van der Waals surface area contributed by atoms with Gasteiger partial charge in [-0.05, 0) is 43.0 Å². The molecule has 19 heavy (non-hydrogen) atoms. The van der Waals surface area contributed by atoms with Gasteiger partial charge in [-0.15, -0.1) is 0 Å². The van der Waals surface area contributed by atoms with Crippen LogP contribution >= 0.6 is 11.6 Å². The first-order valence-electron chi connectivity index (χ1n) is 7.04. The summed E-state index contributed by atoms with van der Waals surface area (Å²) in [5.41, 5.74) is 2.05. The van der Waals surface area contributed by atoms with Gasteiger partial charge in [0.1, 0.15) is 0 Å². The van der Waals surface area contributed by atoms with Crippen LogP contribution < -0.4 is 5.32 Å². The lowest BCUT2D eigenvalue weighted by Crippen LogP contribution is -2.26. The Labute approximate surface area is 119 Å². The van der Waals surface area contributed by atoms with Crippen LogP contribution in [0.25, 0.3) is 10.9 Å². The molecule has 0 bridgehead atoms. The van der Waals surface area contributed by atoms with Crippen LogP contribution in [0.4, 0.5) is 5.69 Å². The van der Waals surface area contributed by atoms with Gasteiger partial charge in [0.2, 0.25) is 0 Å². The zero-order valence-electron chi connectivity index (χ0n) is 11.2. The fourth-order valence-electron chi connectivity index (χ4n) is 3.05. The maximum atomic E-state index is 6.20. The Morgan fingerprint density at radius 2 is 2.16 bits per heavy atom. The number of hydrogen-bond donors (Lipinski definition) is 1. The number of hydrogen-bond acceptors (Lipinski definition) is 2. The van der Waals surface area contributed by atoms with E-state index >= 15 is 0 Å². The number of nitrogens with zero attached hydrogens (tertiary/aromatic N) is 1. The van der Waals surface area contributed by atoms with E-state index in [-0.39, 0.29) is 0 Å². The van der Waals surface area contributed by atoms with E-state index in [1.54, 1.807) is 6.20 Å². The van der Waals surface area contributed by atoms with Gasteiger partial charge in [0.15, 0.2) is 0 Å². The molecular formula is C16H19ClN2. The minimum atomic E-state index is 0.577. The molecule has 1 saturated carbocycles. The molecule has 3 rings (SSSR count). The molecule has 0 spiro atoms. The molecule has 2 atom stereocenters. The average Bonchev–Trinajstić information content (AvgIpc) is 2.42. The van der Waals surface area contributed by atoms with Crippen LogP contribution in [0.3, 0.4) is 0 Å². The van der Waals surface area contributed by atoms with Gasteiger partial charge >= 0.3 is 0 Å². The van der Waals surface area contributed by atoms with E-state index in [2.05, 4.69) is 29.4 Å². The lowest BCUT2D eigenvalue weighted by atomic mass is 9.87. The zero-order valence-corrected chi connectivity index (χ0v) is 12.0. The quantitative estimate of drug-likeness (QED) is 0.844. The van der Waals surface area contributed by atoms with Crippen LogP contribution in [0.15, 0.2) is 30.5 Å². The Hall–Kier alpha value is -1.28. The smallest absolute Gasteiger partial charge is 0.0908 e. The van der Waals surface area contributed by atoms with E-state index in [1.165, 1.54) is 25.7 Å². The number of pyridine rings is 1. The van der Waals surface area contributed by atoms with Crippen molar-refractivity contribution in [3.8, 4) is 0 Å². The molecule has 2 aromatic rings. The molecule has 1 fully saturated rings. The molecule has 0 radical (unpaired) electrons. The second kappa shape index (κ2) is 5.38. The van der Waals surface area contributed by atoms with Crippen LogP contribution in [-0.4, -0.2) is 11.0 Å². The summed E-state index contributed by atoms with van der Waals surface area (Å²) in [6.07, 6.45) is 6.99. The van der Waals surface area contributed by atoms with Crippen LogP contribution in [0.1, 0.15) is 32.6 Å². The van der Waals surface area contributed by atoms with Gasteiger partial charge in [-0.2, -0.15) is 0 Å². The molecule has 100 valence electrons. The summed E-state index contributed by atoms with van der Waals surface area (Å²) >= 11 is 6.20. The van der Waals surface area contributed by atoms with Crippen molar-refractivity contribution in [1.82, 2.24) is 4.98 Å². The standard InChI is InChI=1S/C16H19ClN2/c1-11-4-2-5-12(10-11)19-15-8-7-14(17)16-13(15)6-3-9-18-16/h3,6-9,11-12,19H,2,4-5,10H2,1H3. The highest BCUT2D eigenvalue weighted by Crippen LogP contribution is 2.31. The molecule has 1 aliphatic rings. The first-order valence-corrected chi connectivity index (χ1v) is 7.41. The Balaban J connectivity index is 1.90. The Morgan fingerprint density at radius 1 is 1.26 bits per heavy atom. The maximum Gasteiger partial charge on any atom is 0.0908 e. The minimum absolute atomic E-state index is 0.577. The zero-order chi connectivity index (χ0) is 13.2. The molecular weight excluding hydrogens is 256 g/mol. The molecule has 0 saturated heterocycles. The maximum absolute atomic E-state index is 6.20. The number of benzene rings is 1. The van der Waals surface area contributed by atoms with Gasteiger partial charge in [0, 0.05) is 23.3 Å². The second-order valence-corrected chi connectivity index (χ2v) is 6.01. The van der Waals surface area contributed by atoms with E-state index in [4.69, 9.17) is 11.6 Å². The van der Waals surface area contributed by atoms with Crippen molar-refractivity contribution >= 4 is 28.2 Å². The molecule has 1 aromatic heterocycles. The Kier molecular flexibility index (Phi) is 3.61. The summed E-state index contributed by atoms with van der Waals surface area (Å²) in [5, 5.41) is 5.52. The fraction of sp³-hybridized carbons (Fsp3) is 0.438. The number of nitrogens with one attached hydrogen (secondary N) is 1. The Bertz CT molecular complexity index is 582. The first-order chi connectivity index (χ1) is 9.24. The highest BCUT2D eigenvalue weighted by molar-refractivity contribution is 6.35. The van der Waals surface area contributed by atoms with Crippen molar-refractivity contribution < 1.29 is 0 Å². The minimum Gasteiger partial charge on any atom is -0.382 e. The van der Waals surface area contributed by atoms with Crippen molar-refractivity contribution in [2.45, 2.75) is 38.6 Å². The third-order valence-corrected chi connectivity index (χ3v) is 4.32. The first kappa shape index (κ1) is 12.7. The predicted octanol–water partition coefficient (Wildman–Crippen LogP) is 4.88. The summed E-state index contributed by atoms with van der Waals surface area (Å²) < 4.78 is 0. The van der Waals surface area contributed by atoms with Crippen molar-refractivity contribution in [2.24, 2.45) is 5.92 Å². The molecule has 0 amide bonds. The number of rotatable bonds is 2. The molecule has 1 heterocycles. The molecule has 0 aliphatic heterocycles. The summed E-state index contributed by atoms with van der Waals surface area (Å²) in [5.74, 6) is 0.822. The molecule has 1 aliphatic carbocycles. The van der Waals surface area contributed by atoms with Gasteiger partial charge < -0.3 is 5.32 Å². The SMILES string of the molecule is CC1CCCC(Nc2ccc(Cl)c3ncccc23)C1. The highest BCUT2D eigenvalue weighted by Gasteiger charge is 2.19. The summed E-state index contributed by atoms with van der Waals surface area (Å²) in [6.45, 7) is 2.34. The third-order valence-electron chi connectivity index (χ3n) is 4.02. The fourth-order valence-corrected chi connectivity index (χ4v) is 3.26. The van der Waals surface area contributed by atoms with E-state index in [0.717, 1.165) is 27.5 Å². The molecule has 2 nitrogen and oxygen atoms in total. The highest BCUT2D eigenvalue weighted by atomic mass is 35.5. The van der Waals surface area contributed by atoms with Gasteiger partial charge in [-0.25, -0.2) is 0 Å². The largest absolute Gasteiger partial charge is 0.382 e. The van der Waals surface area contributed by atoms with Gasteiger partial charge in [-0.1, -0.05) is 31.4 Å². The second-order valence-electron chi connectivity index (χ2n) is 5.61. The average molecular weight is 275 g/mol. The van der Waals surface area contributed by atoms with E-state index < -0.39 is 0 Å². The number of aromatic nitrogens is 1. The molecule has 1 N–H and O–H groups in total. The lowest BCUT2D eigenvalue weighted by molar-refractivity contribution is 0.359. The molecule has 3 heteroatoms. The van der Waals surface area contributed by atoms with Gasteiger partial charge in [0.25, 0.3) is 0 Å². The van der Waals surface area contributed by atoms with Crippen molar-refractivity contribution in [1.29, 1.82) is 0 Å². The monoisotopic (exact) mass is 274 g/mol. The summed E-state index contributed by atoms with van der Waals surface area (Å²) in [4.78, 5) is 4.38. The van der Waals surface area contributed by atoms with Crippen LogP contribution in [-0.2, 0) is 0 Å². The van der Waals surface area contributed by atoms with Gasteiger partial charge in [-0.3, -0.25) is 4.98 Å². The topological polar surface area (TPSA) is 24.9 Å². The number of fused-ring (bicyclic) bond motifs is 1. The summed E-state index contributed by atoms with van der Waals surface area (Å²) in [7, 11) is 0.